The number of hydrogen-bond acceptors (Lipinski definition) is 4. The minimum Gasteiger partial charge on any atom is -0.457 e. The SMILES string of the molecule is N#Cc1ccccc1COC(=O)c1ccc(-n2cccn2)cc1. The van der Waals surface area contributed by atoms with Gasteiger partial charge in [-0.15, -0.1) is 0 Å². The van der Waals surface area contributed by atoms with E-state index < -0.39 is 5.97 Å². The van der Waals surface area contributed by atoms with Gasteiger partial charge in [0.05, 0.1) is 22.9 Å². The fourth-order valence-corrected chi connectivity index (χ4v) is 2.15. The summed E-state index contributed by atoms with van der Waals surface area (Å²) in [6, 6.07) is 17.9. The molecule has 0 saturated heterocycles. The zero-order valence-corrected chi connectivity index (χ0v) is 12.2. The number of carbonyl (C=O) groups is 1. The van der Waals surface area contributed by atoms with E-state index in [0.717, 1.165) is 5.69 Å². The lowest BCUT2D eigenvalue weighted by Gasteiger charge is -2.07. The van der Waals surface area contributed by atoms with E-state index in [9.17, 15) is 4.79 Å². The molecule has 0 aliphatic rings. The third-order valence-electron chi connectivity index (χ3n) is 3.37. The van der Waals surface area contributed by atoms with E-state index in [2.05, 4.69) is 11.2 Å². The number of benzene rings is 2. The maximum Gasteiger partial charge on any atom is 0.338 e. The molecule has 23 heavy (non-hydrogen) atoms. The normalized spacial score (nSPS) is 10.0. The van der Waals surface area contributed by atoms with Gasteiger partial charge in [0, 0.05) is 18.0 Å². The van der Waals surface area contributed by atoms with Crippen molar-refractivity contribution in [3.05, 3.63) is 83.7 Å². The van der Waals surface area contributed by atoms with Crippen LogP contribution in [0.3, 0.4) is 0 Å². The summed E-state index contributed by atoms with van der Waals surface area (Å²) in [6.45, 7) is 0.0729. The Morgan fingerprint density at radius 2 is 1.91 bits per heavy atom. The lowest BCUT2D eigenvalue weighted by Crippen LogP contribution is -2.06. The summed E-state index contributed by atoms with van der Waals surface area (Å²) < 4.78 is 6.98. The minimum absolute atomic E-state index is 0.0729. The summed E-state index contributed by atoms with van der Waals surface area (Å²) in [4.78, 5) is 12.1. The van der Waals surface area contributed by atoms with Crippen LogP contribution in [0.4, 0.5) is 0 Å². The second-order valence-corrected chi connectivity index (χ2v) is 4.84. The lowest BCUT2D eigenvalue weighted by molar-refractivity contribution is 0.0472. The molecule has 0 aliphatic carbocycles. The summed E-state index contributed by atoms with van der Waals surface area (Å²) in [6.07, 6.45) is 3.51. The first kappa shape index (κ1) is 14.5. The van der Waals surface area contributed by atoms with Crippen LogP contribution in [0.15, 0.2) is 67.0 Å². The molecule has 3 rings (SSSR count). The number of rotatable bonds is 4. The average molecular weight is 303 g/mol. The molecule has 0 fully saturated rings. The van der Waals surface area contributed by atoms with Crippen LogP contribution in [0, 0.1) is 11.3 Å². The van der Waals surface area contributed by atoms with E-state index in [1.165, 1.54) is 0 Å². The highest BCUT2D eigenvalue weighted by Crippen LogP contribution is 2.13. The Balaban J connectivity index is 1.68. The van der Waals surface area contributed by atoms with Gasteiger partial charge < -0.3 is 4.74 Å². The molecule has 0 radical (unpaired) electrons. The van der Waals surface area contributed by atoms with Crippen molar-refractivity contribution >= 4 is 5.97 Å². The van der Waals surface area contributed by atoms with E-state index in [4.69, 9.17) is 10.00 Å². The molecule has 112 valence electrons. The molecule has 1 heterocycles. The van der Waals surface area contributed by atoms with Gasteiger partial charge in [-0.2, -0.15) is 10.4 Å². The van der Waals surface area contributed by atoms with Crippen molar-refractivity contribution in [1.82, 2.24) is 9.78 Å². The maximum atomic E-state index is 12.1. The second-order valence-electron chi connectivity index (χ2n) is 4.84. The first-order valence-corrected chi connectivity index (χ1v) is 7.03. The number of ether oxygens (including phenoxy) is 1. The van der Waals surface area contributed by atoms with Crippen LogP contribution in [0.25, 0.3) is 5.69 Å². The van der Waals surface area contributed by atoms with E-state index in [1.807, 2.05) is 18.3 Å². The topological polar surface area (TPSA) is 67.9 Å². The molecule has 5 nitrogen and oxygen atoms in total. The van der Waals surface area contributed by atoms with E-state index in [1.54, 1.807) is 53.3 Å². The molecule has 0 amide bonds. The van der Waals surface area contributed by atoms with Crippen molar-refractivity contribution in [3.8, 4) is 11.8 Å². The summed E-state index contributed by atoms with van der Waals surface area (Å²) in [5.41, 5.74) is 2.52. The van der Waals surface area contributed by atoms with Crippen LogP contribution in [-0.4, -0.2) is 15.7 Å². The number of hydrogen-bond donors (Lipinski definition) is 0. The molecular formula is C18H13N3O2. The van der Waals surface area contributed by atoms with Crippen LogP contribution < -0.4 is 0 Å². The first-order valence-electron chi connectivity index (χ1n) is 7.03. The fourth-order valence-electron chi connectivity index (χ4n) is 2.15. The quantitative estimate of drug-likeness (QED) is 0.695. The van der Waals surface area contributed by atoms with Gasteiger partial charge in [-0.1, -0.05) is 18.2 Å². The van der Waals surface area contributed by atoms with Crippen molar-refractivity contribution in [2.24, 2.45) is 0 Å². The van der Waals surface area contributed by atoms with Crippen LogP contribution in [-0.2, 0) is 11.3 Å². The molecule has 0 spiro atoms. The Morgan fingerprint density at radius 3 is 2.61 bits per heavy atom. The molecule has 0 N–H and O–H groups in total. The monoisotopic (exact) mass is 303 g/mol. The number of aromatic nitrogens is 2. The van der Waals surface area contributed by atoms with Crippen molar-refractivity contribution in [1.29, 1.82) is 5.26 Å². The molecule has 0 aliphatic heterocycles. The summed E-state index contributed by atoms with van der Waals surface area (Å²) in [5.74, 6) is -0.426. The molecule has 0 atom stereocenters. The Hall–Kier alpha value is -3.39. The third kappa shape index (κ3) is 3.27. The van der Waals surface area contributed by atoms with Crippen molar-refractivity contribution in [2.45, 2.75) is 6.61 Å². The standard InChI is InChI=1S/C18H13N3O2/c19-12-15-4-1-2-5-16(15)13-23-18(22)14-6-8-17(9-7-14)21-11-3-10-20-21/h1-11H,13H2. The molecule has 0 bridgehead atoms. The van der Waals surface area contributed by atoms with Crippen molar-refractivity contribution in [2.75, 3.05) is 0 Å². The van der Waals surface area contributed by atoms with Gasteiger partial charge in [-0.05, 0) is 36.4 Å². The Bertz CT molecular complexity index is 847. The maximum absolute atomic E-state index is 12.1. The third-order valence-corrected chi connectivity index (χ3v) is 3.37. The highest BCUT2D eigenvalue weighted by Gasteiger charge is 2.09. The van der Waals surface area contributed by atoms with Crippen LogP contribution in [0.5, 0.6) is 0 Å². The van der Waals surface area contributed by atoms with Gasteiger partial charge in [-0.25, -0.2) is 9.48 Å². The van der Waals surface area contributed by atoms with Crippen LogP contribution >= 0.6 is 0 Å². The van der Waals surface area contributed by atoms with E-state index >= 15 is 0 Å². The van der Waals surface area contributed by atoms with Gasteiger partial charge in [0.15, 0.2) is 0 Å². The Labute approximate surface area is 133 Å². The smallest absolute Gasteiger partial charge is 0.338 e. The first-order chi connectivity index (χ1) is 11.3. The van der Waals surface area contributed by atoms with Gasteiger partial charge in [-0.3, -0.25) is 0 Å². The molecule has 5 heteroatoms. The highest BCUT2D eigenvalue weighted by atomic mass is 16.5. The van der Waals surface area contributed by atoms with Gasteiger partial charge in [0.1, 0.15) is 6.61 Å². The minimum atomic E-state index is -0.426. The number of nitriles is 1. The fraction of sp³-hybridized carbons (Fsp3) is 0.0556. The van der Waals surface area contributed by atoms with Gasteiger partial charge in [0.25, 0.3) is 0 Å². The Kier molecular flexibility index (Phi) is 4.16. The van der Waals surface area contributed by atoms with Crippen LogP contribution in [0.2, 0.25) is 0 Å². The van der Waals surface area contributed by atoms with E-state index in [0.29, 0.717) is 16.7 Å². The largest absolute Gasteiger partial charge is 0.457 e. The molecule has 3 aromatic rings. The van der Waals surface area contributed by atoms with E-state index in [-0.39, 0.29) is 6.61 Å². The number of nitrogens with zero attached hydrogens (tertiary/aromatic N) is 3. The second kappa shape index (κ2) is 6.58. The van der Waals surface area contributed by atoms with Gasteiger partial charge in [0.2, 0.25) is 0 Å². The Morgan fingerprint density at radius 1 is 1.13 bits per heavy atom. The molecule has 1 aromatic heterocycles. The van der Waals surface area contributed by atoms with Crippen molar-refractivity contribution in [3.63, 3.8) is 0 Å². The zero-order chi connectivity index (χ0) is 16.1. The summed E-state index contributed by atoms with van der Waals surface area (Å²) >= 11 is 0. The number of carbonyl (C=O) groups excluding carboxylic acids is 1. The zero-order valence-electron chi connectivity index (χ0n) is 12.2. The molecule has 2 aromatic carbocycles. The summed E-state index contributed by atoms with van der Waals surface area (Å²) in [7, 11) is 0. The number of esters is 1. The highest BCUT2D eigenvalue weighted by molar-refractivity contribution is 5.89. The van der Waals surface area contributed by atoms with Gasteiger partial charge >= 0.3 is 5.97 Å². The molecular weight excluding hydrogens is 290 g/mol. The summed E-state index contributed by atoms with van der Waals surface area (Å²) in [5, 5.41) is 13.1. The lowest BCUT2D eigenvalue weighted by atomic mass is 10.1. The average Bonchev–Trinajstić information content (AvgIpc) is 3.14. The molecule has 0 unspecified atom stereocenters. The predicted octanol–water partition coefficient (Wildman–Crippen LogP) is 3.10. The predicted molar refractivity (Wildman–Crippen MR) is 83.8 cm³/mol. The molecule has 0 saturated carbocycles. The van der Waals surface area contributed by atoms with Crippen LogP contribution in [0.1, 0.15) is 21.5 Å². The van der Waals surface area contributed by atoms with Crippen molar-refractivity contribution < 1.29 is 9.53 Å².